The summed E-state index contributed by atoms with van der Waals surface area (Å²) in [5.74, 6) is 0. The van der Waals surface area contributed by atoms with Crippen molar-refractivity contribution in [1.82, 2.24) is 0 Å². The molecule has 1 aliphatic rings. The van der Waals surface area contributed by atoms with Gasteiger partial charge in [0.05, 0.1) is 0 Å². The zero-order chi connectivity index (χ0) is 32.0. The minimum Gasteiger partial charge on any atom is -1.00 e. The van der Waals surface area contributed by atoms with E-state index in [9.17, 15) is 0 Å². The normalized spacial score (nSPS) is 11.7. The third kappa shape index (κ3) is 10.5. The summed E-state index contributed by atoms with van der Waals surface area (Å²) < 4.78 is 1.59. The van der Waals surface area contributed by atoms with E-state index in [1.165, 1.54) is 68.7 Å². The second-order valence-corrected chi connectivity index (χ2v) is 15.9. The van der Waals surface area contributed by atoms with Crippen LogP contribution in [0.4, 0.5) is 0 Å². The van der Waals surface area contributed by atoms with E-state index in [0.29, 0.717) is 0 Å². The van der Waals surface area contributed by atoms with Gasteiger partial charge in [0.25, 0.3) is 0 Å². The van der Waals surface area contributed by atoms with Crippen LogP contribution in [-0.2, 0) is 53.3 Å². The maximum Gasteiger partial charge on any atom is -0.172 e. The van der Waals surface area contributed by atoms with E-state index >= 15 is 0 Å². The average molecular weight is 727 g/mol. The molecule has 0 nitrogen and oxygen atoms in total. The molecule has 0 heterocycles. The Morgan fingerprint density at radius 2 is 1.20 bits per heavy atom. The minimum atomic E-state index is 0. The Kier molecular flexibility index (Phi) is 14.8. The molecule has 0 saturated carbocycles. The van der Waals surface area contributed by atoms with Crippen LogP contribution in [0.2, 0.25) is 0 Å². The first-order valence-electron chi connectivity index (χ1n) is 15.8. The summed E-state index contributed by atoms with van der Waals surface area (Å²) in [5, 5.41) is 0. The summed E-state index contributed by atoms with van der Waals surface area (Å²) in [6, 6.07) is 46.6. The number of hydrogen-bond acceptors (Lipinski definition) is 0. The molecule has 0 unspecified atom stereocenters. The topological polar surface area (TPSA) is 0 Å². The van der Waals surface area contributed by atoms with Crippen molar-refractivity contribution in [2.45, 2.75) is 84.5 Å². The van der Waals surface area contributed by atoms with Gasteiger partial charge in [-0.05, 0) is 17.4 Å². The largest absolute Gasteiger partial charge is 1.00 e. The quantitative estimate of drug-likeness (QED) is 0.225. The molecule has 6 rings (SSSR count). The van der Waals surface area contributed by atoms with E-state index in [0.717, 1.165) is 12.8 Å². The van der Waals surface area contributed by atoms with E-state index in [2.05, 4.69) is 152 Å². The molecule has 5 aromatic rings. The monoisotopic (exact) mass is 724 g/mol. The predicted octanol–water partition coefficient (Wildman–Crippen LogP) is 4.99. The summed E-state index contributed by atoms with van der Waals surface area (Å²) in [7, 11) is 0. The van der Waals surface area contributed by atoms with E-state index in [4.69, 9.17) is 0 Å². The molecule has 0 radical (unpaired) electrons. The standard InChI is InChI=1S/C21H25.C17H18.C5H5.2ClH.Zr/c1-20(2,3)16-9-7-14-11-15-8-10-17(21(4,5)6)13-19(15)18(14)12-16;1-17(2,16-11-7-4-8-12-16)14-13-15-9-5-3-6-10-15;1-2-4-5-3-1;;;/h7,9-10,12-13H,11H2,1-6H3;3-12H,13H2,1-2H3;1-5H;2*1H;/q-1;;-1;;;+2/p-2. The smallest absolute Gasteiger partial charge is 0.172 e. The Morgan fingerprint density at radius 1 is 0.652 bits per heavy atom. The molecule has 240 valence electrons. The first-order chi connectivity index (χ1) is 20.8. The van der Waals surface area contributed by atoms with Crippen LogP contribution in [0.3, 0.4) is 0 Å². The Bertz CT molecular complexity index is 1560. The first-order valence-corrected chi connectivity index (χ1v) is 17.0. The van der Waals surface area contributed by atoms with Crippen LogP contribution in [0, 0.1) is 6.07 Å². The Labute approximate surface area is 306 Å². The number of hydrogen-bond donors (Lipinski definition) is 0. The summed E-state index contributed by atoms with van der Waals surface area (Å²) in [4.78, 5) is 0. The fourth-order valence-electron chi connectivity index (χ4n) is 5.36. The summed E-state index contributed by atoms with van der Waals surface area (Å²) in [6.07, 6.45) is 2.11. The van der Waals surface area contributed by atoms with Gasteiger partial charge in [-0.25, -0.2) is 12.1 Å². The van der Waals surface area contributed by atoms with Crippen molar-refractivity contribution >= 4 is 3.21 Å². The second-order valence-electron chi connectivity index (χ2n) is 14.4. The molecule has 0 aliphatic heterocycles. The Hall–Kier alpha value is -2.44. The van der Waals surface area contributed by atoms with Crippen LogP contribution in [-0.4, -0.2) is 3.21 Å². The molecule has 1 aliphatic carbocycles. The van der Waals surface area contributed by atoms with Gasteiger partial charge in [0.2, 0.25) is 0 Å². The molecule has 0 bridgehead atoms. The molecule has 0 N–H and O–H groups in total. The van der Waals surface area contributed by atoms with Crippen LogP contribution in [0.15, 0.2) is 121 Å². The maximum atomic E-state index is 3.53. The molecule has 0 amide bonds. The maximum absolute atomic E-state index is 3.53. The fourth-order valence-corrected chi connectivity index (χ4v) is 6.21. The SMILES string of the molecule is CC(C)(C)c1c[c-]c2c(c1)-c1cc(C(C)(C)C)ccc1C2.CC(C)([C](=[Zr+2])Cc1ccccc1)c1ccccc1.[Cl-].[Cl-].c1cc[cH-]c1. The van der Waals surface area contributed by atoms with E-state index in [1.54, 1.807) is 3.21 Å². The third-order valence-corrected chi connectivity index (χ3v) is 10.5. The zero-order valence-corrected chi connectivity index (χ0v) is 32.7. The summed E-state index contributed by atoms with van der Waals surface area (Å²) in [6.45, 7) is 18.3. The number of fused-ring (bicyclic) bond motifs is 3. The predicted molar refractivity (Wildman–Crippen MR) is 188 cm³/mol. The van der Waals surface area contributed by atoms with Crippen LogP contribution in [0.1, 0.15) is 88.8 Å². The van der Waals surface area contributed by atoms with Gasteiger partial charge >= 0.3 is 125 Å². The van der Waals surface area contributed by atoms with Gasteiger partial charge in [0.1, 0.15) is 0 Å². The first kappa shape index (κ1) is 39.7. The second kappa shape index (κ2) is 17.1. The number of benzene rings is 4. The Balaban J connectivity index is 0.000000270. The van der Waals surface area contributed by atoms with Crippen molar-refractivity contribution in [2.75, 3.05) is 0 Å². The van der Waals surface area contributed by atoms with Gasteiger partial charge in [0, 0.05) is 0 Å². The van der Waals surface area contributed by atoms with Crippen molar-refractivity contribution in [2.24, 2.45) is 0 Å². The number of halogens is 2. The van der Waals surface area contributed by atoms with Gasteiger partial charge in [-0.15, -0.1) is 5.56 Å². The van der Waals surface area contributed by atoms with E-state index in [1.807, 2.05) is 30.3 Å². The third-order valence-electron chi connectivity index (χ3n) is 8.56. The Morgan fingerprint density at radius 3 is 1.72 bits per heavy atom. The zero-order valence-electron chi connectivity index (χ0n) is 28.7. The molecule has 0 fully saturated rings. The molecular weight excluding hydrogens is 679 g/mol. The molecule has 5 aromatic carbocycles. The van der Waals surface area contributed by atoms with Crippen LogP contribution in [0.25, 0.3) is 11.1 Å². The average Bonchev–Trinajstić information content (AvgIpc) is 3.69. The minimum absolute atomic E-state index is 0. The van der Waals surface area contributed by atoms with Gasteiger partial charge in [-0.2, -0.15) is 47.5 Å². The van der Waals surface area contributed by atoms with Crippen molar-refractivity contribution < 1.29 is 49.0 Å². The molecule has 0 spiro atoms. The van der Waals surface area contributed by atoms with Gasteiger partial charge < -0.3 is 24.8 Å². The van der Waals surface area contributed by atoms with Crippen molar-refractivity contribution in [3.05, 3.63) is 161 Å². The molecule has 0 atom stereocenters. The van der Waals surface area contributed by atoms with Crippen molar-refractivity contribution in [3.63, 3.8) is 0 Å². The van der Waals surface area contributed by atoms with Gasteiger partial charge in [-0.1, -0.05) is 76.3 Å². The fraction of sp³-hybridized carbons (Fsp3) is 0.302. The molecule has 0 aromatic heterocycles. The number of rotatable bonds is 4. The molecule has 46 heavy (non-hydrogen) atoms. The molecule has 0 saturated heterocycles. The van der Waals surface area contributed by atoms with Crippen molar-refractivity contribution in [1.29, 1.82) is 0 Å². The molecule has 3 heteroatoms. The summed E-state index contributed by atoms with van der Waals surface area (Å²) in [5.41, 5.74) is 11.7. The van der Waals surface area contributed by atoms with E-state index in [-0.39, 0.29) is 41.1 Å². The van der Waals surface area contributed by atoms with E-state index < -0.39 is 0 Å². The van der Waals surface area contributed by atoms with Crippen LogP contribution >= 0.6 is 0 Å². The molecular formula is C43H48Cl2Zr-2. The van der Waals surface area contributed by atoms with Crippen molar-refractivity contribution in [3.8, 4) is 11.1 Å². The van der Waals surface area contributed by atoms with Gasteiger partial charge in [-0.3, -0.25) is 0 Å². The summed E-state index contributed by atoms with van der Waals surface area (Å²) >= 11 is 1.53. The van der Waals surface area contributed by atoms with Gasteiger partial charge in [0.15, 0.2) is 0 Å². The van der Waals surface area contributed by atoms with Crippen LogP contribution < -0.4 is 24.8 Å². The van der Waals surface area contributed by atoms with Crippen LogP contribution in [0.5, 0.6) is 0 Å².